The minimum Gasteiger partial charge on any atom is -0.383 e. The van der Waals surface area contributed by atoms with Crippen molar-refractivity contribution in [2.45, 2.75) is 0 Å². The van der Waals surface area contributed by atoms with Gasteiger partial charge in [-0.2, -0.15) is 4.99 Å². The van der Waals surface area contributed by atoms with E-state index >= 15 is 0 Å². The number of aromatic nitrogens is 2. The predicted molar refractivity (Wildman–Crippen MR) is 80.6 cm³/mol. The summed E-state index contributed by atoms with van der Waals surface area (Å²) in [5.41, 5.74) is 8.63. The molecule has 19 heavy (non-hydrogen) atoms. The van der Waals surface area contributed by atoms with Gasteiger partial charge in [0.05, 0.1) is 11.0 Å². The molecule has 3 N–H and O–H groups in total. The summed E-state index contributed by atoms with van der Waals surface area (Å²) in [6.45, 7) is 0. The highest BCUT2D eigenvalue weighted by Crippen LogP contribution is 2.20. The van der Waals surface area contributed by atoms with E-state index in [2.05, 4.69) is 30.9 Å². The topological polar surface area (TPSA) is 67.1 Å². The Bertz CT molecular complexity index is 746. The number of H-pyrrole nitrogens is 1. The fraction of sp³-hybridized carbons (Fsp3) is 0. The number of amidine groups is 1. The van der Waals surface area contributed by atoms with E-state index in [9.17, 15) is 0 Å². The summed E-state index contributed by atoms with van der Waals surface area (Å²) in [7, 11) is 0. The van der Waals surface area contributed by atoms with Gasteiger partial charge in [0.15, 0.2) is 0 Å². The Labute approximate surface area is 118 Å². The number of nitrogens with zero attached hydrogens (tertiary/aromatic N) is 2. The van der Waals surface area contributed by atoms with E-state index in [0.29, 0.717) is 11.8 Å². The summed E-state index contributed by atoms with van der Waals surface area (Å²) in [5, 5.41) is 0. The third-order valence-corrected chi connectivity index (χ3v) is 3.22. The van der Waals surface area contributed by atoms with Crippen LogP contribution in [0.15, 0.2) is 58.0 Å². The zero-order valence-electron chi connectivity index (χ0n) is 9.97. The largest absolute Gasteiger partial charge is 0.383 e. The molecule has 0 atom stereocenters. The lowest BCUT2D eigenvalue weighted by molar-refractivity contribution is 1.25. The molecule has 0 aliphatic heterocycles. The van der Waals surface area contributed by atoms with E-state index in [1.807, 2.05) is 48.5 Å². The van der Waals surface area contributed by atoms with Gasteiger partial charge in [-0.05, 0) is 18.2 Å². The third-order valence-electron chi connectivity index (χ3n) is 2.73. The molecule has 94 valence electrons. The van der Waals surface area contributed by atoms with Crippen molar-refractivity contribution in [3.63, 3.8) is 0 Å². The Morgan fingerprint density at radius 2 is 1.95 bits per heavy atom. The number of aromatic amines is 1. The molecule has 0 spiro atoms. The van der Waals surface area contributed by atoms with Crippen molar-refractivity contribution in [2.75, 3.05) is 0 Å². The molecule has 0 amide bonds. The molecule has 0 bridgehead atoms. The first-order valence-corrected chi connectivity index (χ1v) is 6.56. The summed E-state index contributed by atoms with van der Waals surface area (Å²) >= 11 is 3.42. The summed E-state index contributed by atoms with van der Waals surface area (Å²) < 4.78 is 0.996. The first-order chi connectivity index (χ1) is 9.22. The van der Waals surface area contributed by atoms with Crippen LogP contribution in [0.4, 0.5) is 5.95 Å². The molecule has 1 heterocycles. The molecule has 0 saturated carbocycles. The zero-order chi connectivity index (χ0) is 13.2. The average Bonchev–Trinajstić information content (AvgIpc) is 2.81. The van der Waals surface area contributed by atoms with Crippen molar-refractivity contribution in [2.24, 2.45) is 10.7 Å². The molecule has 0 aliphatic carbocycles. The number of nitrogens with one attached hydrogen (secondary N) is 1. The van der Waals surface area contributed by atoms with Gasteiger partial charge in [-0.1, -0.05) is 46.3 Å². The molecular formula is C14H11BrN4. The van der Waals surface area contributed by atoms with Crippen molar-refractivity contribution < 1.29 is 0 Å². The van der Waals surface area contributed by atoms with E-state index in [1.165, 1.54) is 0 Å². The van der Waals surface area contributed by atoms with Crippen LogP contribution in [0.2, 0.25) is 0 Å². The number of hydrogen-bond donors (Lipinski definition) is 2. The van der Waals surface area contributed by atoms with Crippen molar-refractivity contribution in [1.29, 1.82) is 0 Å². The first-order valence-electron chi connectivity index (χ1n) is 5.77. The number of benzene rings is 2. The number of fused-ring (bicyclic) bond motifs is 1. The summed E-state index contributed by atoms with van der Waals surface area (Å²) in [4.78, 5) is 11.8. The third kappa shape index (κ3) is 2.51. The van der Waals surface area contributed by atoms with Gasteiger partial charge in [0.1, 0.15) is 5.84 Å². The fourth-order valence-corrected chi connectivity index (χ4v) is 2.17. The fourth-order valence-electron chi connectivity index (χ4n) is 1.81. The first kappa shape index (κ1) is 11.9. The SMILES string of the molecule is NC(=Nc1nc2ccc(Br)cc2[nH]1)c1ccccc1. The normalized spacial score (nSPS) is 11.9. The van der Waals surface area contributed by atoms with Crippen molar-refractivity contribution in [1.82, 2.24) is 9.97 Å². The zero-order valence-corrected chi connectivity index (χ0v) is 11.6. The lowest BCUT2D eigenvalue weighted by Gasteiger charge is -1.97. The maximum atomic E-state index is 5.96. The molecule has 0 radical (unpaired) electrons. The predicted octanol–water partition coefficient (Wildman–Crippen LogP) is 3.36. The second-order valence-corrected chi connectivity index (χ2v) is 5.00. The summed E-state index contributed by atoms with van der Waals surface area (Å²) in [5.74, 6) is 0.952. The van der Waals surface area contributed by atoms with Gasteiger partial charge >= 0.3 is 0 Å². The Morgan fingerprint density at radius 3 is 2.74 bits per heavy atom. The standard InChI is InChI=1S/C14H11BrN4/c15-10-6-7-11-12(8-10)18-14(17-11)19-13(16)9-4-2-1-3-5-9/h1-8H,(H3,16,17,18,19). The van der Waals surface area contributed by atoms with Crippen LogP contribution in [0.1, 0.15) is 5.56 Å². The van der Waals surface area contributed by atoms with E-state index in [-0.39, 0.29) is 0 Å². The highest BCUT2D eigenvalue weighted by Gasteiger charge is 2.03. The number of rotatable bonds is 2. The number of aliphatic imine (C=N–C) groups is 1. The lowest BCUT2D eigenvalue weighted by atomic mass is 10.2. The van der Waals surface area contributed by atoms with Gasteiger partial charge in [0.25, 0.3) is 0 Å². The highest BCUT2D eigenvalue weighted by molar-refractivity contribution is 9.10. The maximum absolute atomic E-state index is 5.96. The Hall–Kier alpha value is -2.14. The number of halogens is 1. The molecule has 0 aliphatic rings. The van der Waals surface area contributed by atoms with Crippen LogP contribution in [-0.4, -0.2) is 15.8 Å². The van der Waals surface area contributed by atoms with E-state index < -0.39 is 0 Å². The molecule has 0 fully saturated rings. The monoisotopic (exact) mass is 314 g/mol. The van der Waals surface area contributed by atoms with Crippen LogP contribution in [0.5, 0.6) is 0 Å². The van der Waals surface area contributed by atoms with Crippen molar-refractivity contribution in [3.8, 4) is 0 Å². The average molecular weight is 315 g/mol. The maximum Gasteiger partial charge on any atom is 0.229 e. The number of hydrogen-bond acceptors (Lipinski definition) is 2. The van der Waals surface area contributed by atoms with Gasteiger partial charge in [-0.15, -0.1) is 0 Å². The number of imidazole rings is 1. The quantitative estimate of drug-likeness (QED) is 0.562. The smallest absolute Gasteiger partial charge is 0.229 e. The molecule has 0 saturated heterocycles. The second kappa shape index (κ2) is 4.85. The summed E-state index contributed by atoms with van der Waals surface area (Å²) in [6, 6.07) is 15.4. The van der Waals surface area contributed by atoms with Crippen LogP contribution in [-0.2, 0) is 0 Å². The second-order valence-electron chi connectivity index (χ2n) is 4.08. The molecule has 2 aromatic carbocycles. The Morgan fingerprint density at radius 1 is 1.16 bits per heavy atom. The van der Waals surface area contributed by atoms with Crippen LogP contribution >= 0.6 is 15.9 Å². The van der Waals surface area contributed by atoms with Crippen LogP contribution in [0.25, 0.3) is 11.0 Å². The van der Waals surface area contributed by atoms with Crippen LogP contribution in [0, 0.1) is 0 Å². The van der Waals surface area contributed by atoms with E-state index in [1.54, 1.807) is 0 Å². The van der Waals surface area contributed by atoms with Gasteiger partial charge in [-0.25, -0.2) is 4.98 Å². The van der Waals surface area contributed by atoms with Gasteiger partial charge in [0, 0.05) is 10.0 Å². The Balaban J connectivity index is 2.01. The van der Waals surface area contributed by atoms with Gasteiger partial charge in [-0.3, -0.25) is 0 Å². The van der Waals surface area contributed by atoms with E-state index in [0.717, 1.165) is 21.1 Å². The minimum absolute atomic E-state index is 0.443. The van der Waals surface area contributed by atoms with Crippen LogP contribution < -0.4 is 5.73 Å². The van der Waals surface area contributed by atoms with Crippen molar-refractivity contribution in [3.05, 3.63) is 58.6 Å². The Kier molecular flexibility index (Phi) is 3.05. The van der Waals surface area contributed by atoms with Crippen LogP contribution in [0.3, 0.4) is 0 Å². The molecule has 0 unspecified atom stereocenters. The molecular weight excluding hydrogens is 304 g/mol. The van der Waals surface area contributed by atoms with Crippen molar-refractivity contribution >= 4 is 38.7 Å². The summed E-state index contributed by atoms with van der Waals surface area (Å²) in [6.07, 6.45) is 0. The molecule has 4 nitrogen and oxygen atoms in total. The van der Waals surface area contributed by atoms with Gasteiger partial charge in [0.2, 0.25) is 5.95 Å². The minimum atomic E-state index is 0.443. The molecule has 1 aromatic heterocycles. The lowest BCUT2D eigenvalue weighted by Crippen LogP contribution is -2.12. The molecule has 5 heteroatoms. The number of nitrogens with two attached hydrogens (primary N) is 1. The molecule has 3 aromatic rings. The highest BCUT2D eigenvalue weighted by atomic mass is 79.9. The van der Waals surface area contributed by atoms with E-state index in [4.69, 9.17) is 5.73 Å². The molecule has 3 rings (SSSR count). The van der Waals surface area contributed by atoms with Gasteiger partial charge < -0.3 is 10.7 Å².